The molecular formula is C12H13ClN4S. The van der Waals surface area contributed by atoms with E-state index in [1.54, 1.807) is 13.2 Å². The fraction of sp³-hybridized carbons (Fsp3) is 0.167. The molecule has 0 bridgehead atoms. The molecule has 18 heavy (non-hydrogen) atoms. The van der Waals surface area contributed by atoms with Crippen molar-refractivity contribution in [1.82, 2.24) is 15.1 Å². The average Bonchev–Trinajstić information content (AvgIpc) is 2.79. The van der Waals surface area contributed by atoms with Crippen LogP contribution in [-0.4, -0.2) is 21.9 Å². The molecular weight excluding hydrogens is 268 g/mol. The number of nitrogens with zero attached hydrogens (tertiary/aromatic N) is 2. The number of nitrogens with one attached hydrogen (secondary N) is 2. The summed E-state index contributed by atoms with van der Waals surface area (Å²) >= 11 is 10.9. The van der Waals surface area contributed by atoms with Gasteiger partial charge in [0.2, 0.25) is 0 Å². The topological polar surface area (TPSA) is 41.9 Å². The molecule has 4 nitrogen and oxygen atoms in total. The SMILES string of the molecule is CNC(=S)Nc1cnn(Cc2ccc(Cl)cc2)c1. The zero-order chi connectivity index (χ0) is 13.0. The Labute approximate surface area is 116 Å². The van der Waals surface area contributed by atoms with Gasteiger partial charge in [0.05, 0.1) is 18.4 Å². The molecule has 2 rings (SSSR count). The third kappa shape index (κ3) is 3.45. The largest absolute Gasteiger partial charge is 0.366 e. The molecule has 2 N–H and O–H groups in total. The Bertz CT molecular complexity index is 535. The van der Waals surface area contributed by atoms with Gasteiger partial charge in [0, 0.05) is 18.3 Å². The van der Waals surface area contributed by atoms with Gasteiger partial charge in [0.1, 0.15) is 0 Å². The fourth-order valence-electron chi connectivity index (χ4n) is 1.49. The predicted molar refractivity (Wildman–Crippen MR) is 78.1 cm³/mol. The van der Waals surface area contributed by atoms with Crippen molar-refractivity contribution in [3.63, 3.8) is 0 Å². The van der Waals surface area contributed by atoms with Crippen LogP contribution in [0.15, 0.2) is 36.7 Å². The summed E-state index contributed by atoms with van der Waals surface area (Å²) in [6, 6.07) is 7.70. The van der Waals surface area contributed by atoms with Crippen molar-refractivity contribution >= 4 is 34.6 Å². The van der Waals surface area contributed by atoms with Gasteiger partial charge in [-0.05, 0) is 29.9 Å². The molecule has 0 fully saturated rings. The Hall–Kier alpha value is -1.59. The third-order valence-corrected chi connectivity index (χ3v) is 2.93. The highest BCUT2D eigenvalue weighted by Crippen LogP contribution is 2.12. The van der Waals surface area contributed by atoms with Gasteiger partial charge in [0.25, 0.3) is 0 Å². The van der Waals surface area contributed by atoms with E-state index in [-0.39, 0.29) is 0 Å². The Morgan fingerprint density at radius 1 is 1.39 bits per heavy atom. The summed E-state index contributed by atoms with van der Waals surface area (Å²) < 4.78 is 1.84. The van der Waals surface area contributed by atoms with Crippen molar-refractivity contribution in [2.75, 3.05) is 12.4 Å². The maximum atomic E-state index is 5.84. The van der Waals surface area contributed by atoms with Crippen molar-refractivity contribution in [3.05, 3.63) is 47.2 Å². The Kier molecular flexibility index (Phi) is 4.17. The van der Waals surface area contributed by atoms with E-state index in [1.165, 1.54) is 0 Å². The van der Waals surface area contributed by atoms with Crippen LogP contribution in [0.4, 0.5) is 5.69 Å². The van der Waals surface area contributed by atoms with Crippen molar-refractivity contribution in [3.8, 4) is 0 Å². The lowest BCUT2D eigenvalue weighted by atomic mass is 10.2. The number of halogens is 1. The average molecular weight is 281 g/mol. The van der Waals surface area contributed by atoms with E-state index in [1.807, 2.05) is 35.1 Å². The van der Waals surface area contributed by atoms with Crippen LogP contribution < -0.4 is 10.6 Å². The summed E-state index contributed by atoms with van der Waals surface area (Å²) in [5.74, 6) is 0. The van der Waals surface area contributed by atoms with E-state index < -0.39 is 0 Å². The molecule has 0 spiro atoms. The zero-order valence-electron chi connectivity index (χ0n) is 9.85. The van der Waals surface area contributed by atoms with Crippen molar-refractivity contribution in [2.24, 2.45) is 0 Å². The monoisotopic (exact) mass is 280 g/mol. The summed E-state index contributed by atoms with van der Waals surface area (Å²) in [6.07, 6.45) is 3.64. The molecule has 2 aromatic rings. The van der Waals surface area contributed by atoms with Gasteiger partial charge in [-0.3, -0.25) is 4.68 Å². The minimum Gasteiger partial charge on any atom is -0.366 e. The maximum absolute atomic E-state index is 5.84. The van der Waals surface area contributed by atoms with E-state index in [4.69, 9.17) is 23.8 Å². The highest BCUT2D eigenvalue weighted by Gasteiger charge is 2.01. The quantitative estimate of drug-likeness (QED) is 0.848. The number of rotatable bonds is 3. The first-order chi connectivity index (χ1) is 8.67. The smallest absolute Gasteiger partial charge is 0.170 e. The van der Waals surface area contributed by atoms with E-state index in [2.05, 4.69) is 15.7 Å². The number of hydrogen-bond acceptors (Lipinski definition) is 2. The lowest BCUT2D eigenvalue weighted by Crippen LogP contribution is -2.23. The summed E-state index contributed by atoms with van der Waals surface area (Å²) in [5, 5.41) is 11.4. The molecule has 0 saturated carbocycles. The van der Waals surface area contributed by atoms with Crippen LogP contribution in [-0.2, 0) is 6.54 Å². The maximum Gasteiger partial charge on any atom is 0.170 e. The van der Waals surface area contributed by atoms with Crippen LogP contribution in [0.3, 0.4) is 0 Å². The molecule has 0 aliphatic heterocycles. The highest BCUT2D eigenvalue weighted by molar-refractivity contribution is 7.80. The molecule has 1 aromatic heterocycles. The number of benzene rings is 1. The van der Waals surface area contributed by atoms with Gasteiger partial charge in [-0.15, -0.1) is 0 Å². The fourth-order valence-corrected chi connectivity index (χ4v) is 1.73. The van der Waals surface area contributed by atoms with Crippen molar-refractivity contribution < 1.29 is 0 Å². The first-order valence-corrected chi connectivity index (χ1v) is 6.21. The van der Waals surface area contributed by atoms with Crippen LogP contribution in [0.1, 0.15) is 5.56 Å². The van der Waals surface area contributed by atoms with Gasteiger partial charge in [-0.2, -0.15) is 5.10 Å². The number of thiocarbonyl (C=S) groups is 1. The van der Waals surface area contributed by atoms with Crippen molar-refractivity contribution in [1.29, 1.82) is 0 Å². The Balaban J connectivity index is 2.02. The first-order valence-electron chi connectivity index (χ1n) is 5.43. The summed E-state index contributed by atoms with van der Waals surface area (Å²) in [6.45, 7) is 0.700. The second-order valence-corrected chi connectivity index (χ2v) is 4.60. The summed E-state index contributed by atoms with van der Waals surface area (Å²) in [7, 11) is 1.77. The number of aromatic nitrogens is 2. The molecule has 0 aliphatic rings. The van der Waals surface area contributed by atoms with Gasteiger partial charge < -0.3 is 10.6 Å². The first kappa shape index (κ1) is 12.9. The molecule has 0 aliphatic carbocycles. The van der Waals surface area contributed by atoms with Gasteiger partial charge in [-0.1, -0.05) is 23.7 Å². The standard InChI is InChI=1S/C12H13ClN4S/c1-14-12(18)16-11-6-15-17(8-11)7-9-2-4-10(13)5-3-9/h2-6,8H,7H2,1H3,(H2,14,16,18). The van der Waals surface area contributed by atoms with Crippen LogP contribution >= 0.6 is 23.8 Å². The van der Waals surface area contributed by atoms with Crippen LogP contribution in [0, 0.1) is 0 Å². The summed E-state index contributed by atoms with van der Waals surface area (Å²) in [4.78, 5) is 0. The molecule has 6 heteroatoms. The molecule has 1 aromatic carbocycles. The highest BCUT2D eigenvalue weighted by atomic mass is 35.5. The minimum atomic E-state index is 0.570. The predicted octanol–water partition coefficient (Wildman–Crippen LogP) is 2.50. The van der Waals surface area contributed by atoms with Crippen molar-refractivity contribution in [2.45, 2.75) is 6.54 Å². The molecule has 0 atom stereocenters. The third-order valence-electron chi connectivity index (χ3n) is 2.38. The van der Waals surface area contributed by atoms with E-state index in [0.717, 1.165) is 16.3 Å². The number of hydrogen-bond donors (Lipinski definition) is 2. The summed E-state index contributed by atoms with van der Waals surface area (Å²) in [5.41, 5.74) is 2.01. The molecule has 94 valence electrons. The number of anilines is 1. The Morgan fingerprint density at radius 3 is 2.78 bits per heavy atom. The van der Waals surface area contributed by atoms with Crippen LogP contribution in [0.2, 0.25) is 5.02 Å². The molecule has 0 unspecified atom stereocenters. The van der Waals surface area contributed by atoms with E-state index >= 15 is 0 Å². The Morgan fingerprint density at radius 2 is 2.11 bits per heavy atom. The molecule has 0 saturated heterocycles. The normalized spacial score (nSPS) is 10.1. The lowest BCUT2D eigenvalue weighted by molar-refractivity contribution is 0.687. The second kappa shape index (κ2) is 5.84. The molecule has 1 heterocycles. The van der Waals surface area contributed by atoms with Gasteiger partial charge in [-0.25, -0.2) is 0 Å². The second-order valence-electron chi connectivity index (χ2n) is 3.76. The zero-order valence-corrected chi connectivity index (χ0v) is 11.4. The molecule has 0 amide bonds. The van der Waals surface area contributed by atoms with E-state index in [9.17, 15) is 0 Å². The van der Waals surface area contributed by atoms with Crippen LogP contribution in [0.25, 0.3) is 0 Å². The van der Waals surface area contributed by atoms with Gasteiger partial charge in [0.15, 0.2) is 5.11 Å². The van der Waals surface area contributed by atoms with Gasteiger partial charge >= 0.3 is 0 Å². The van der Waals surface area contributed by atoms with Crippen LogP contribution in [0.5, 0.6) is 0 Å². The lowest BCUT2D eigenvalue weighted by Gasteiger charge is -2.03. The van der Waals surface area contributed by atoms with E-state index in [0.29, 0.717) is 11.7 Å². The molecule has 0 radical (unpaired) electrons. The minimum absolute atomic E-state index is 0.570.